The quantitative estimate of drug-likeness (QED) is 0.282. The number of hydrogen-bond donors (Lipinski definition) is 5. The highest BCUT2D eigenvalue weighted by Crippen LogP contribution is 2.35. The number of nitrogens with two attached hydrogens (primary N) is 5. The first kappa shape index (κ1) is 20.7. The molecule has 0 saturated carbocycles. The van der Waals surface area contributed by atoms with Gasteiger partial charge in [0.25, 0.3) is 11.8 Å². The number of hydrogen-bond acceptors (Lipinski definition) is 9. The zero-order valence-electron chi connectivity index (χ0n) is 15.9. The van der Waals surface area contributed by atoms with Crippen LogP contribution in [0.3, 0.4) is 0 Å². The number of amides is 1. The first-order valence-electron chi connectivity index (χ1n) is 8.59. The molecule has 0 unspecified atom stereocenters. The van der Waals surface area contributed by atoms with Crippen molar-refractivity contribution < 1.29 is 14.3 Å². The van der Waals surface area contributed by atoms with E-state index in [1.807, 2.05) is 6.07 Å². The molecule has 12 nitrogen and oxygen atoms in total. The summed E-state index contributed by atoms with van der Waals surface area (Å²) in [4.78, 5) is 23.7. The van der Waals surface area contributed by atoms with Crippen molar-refractivity contribution in [2.45, 2.75) is 0 Å². The lowest BCUT2D eigenvalue weighted by Crippen LogP contribution is -2.21. The molecule has 1 amide bonds. The monoisotopic (exact) mass is 419 g/mol. The Kier molecular flexibility index (Phi) is 5.69. The summed E-state index contributed by atoms with van der Waals surface area (Å²) in [6.45, 7) is 0. The fourth-order valence-electron chi connectivity index (χ4n) is 2.43. The molecule has 156 valence electrons. The number of aliphatic imine (C=N–C) groups is 1. The van der Waals surface area contributed by atoms with Crippen molar-refractivity contribution in [2.75, 3.05) is 11.5 Å². The van der Waals surface area contributed by atoms with Crippen LogP contribution in [0.15, 0.2) is 47.5 Å². The number of primary amides is 1. The largest absolute Gasteiger partial charge is 0.436 e. The molecule has 31 heavy (non-hydrogen) atoms. The minimum Gasteiger partial charge on any atom is -0.436 e. The lowest BCUT2D eigenvalue weighted by atomic mass is 10.1. The second kappa shape index (κ2) is 8.53. The number of guanidine groups is 1. The van der Waals surface area contributed by atoms with Crippen molar-refractivity contribution in [2.24, 2.45) is 22.2 Å². The van der Waals surface area contributed by atoms with Gasteiger partial charge in [-0.15, -0.1) is 0 Å². The maximum atomic E-state index is 11.7. The fraction of sp³-hybridized carbons (Fsp3) is 0. The van der Waals surface area contributed by atoms with Crippen LogP contribution in [0.5, 0.6) is 23.4 Å². The van der Waals surface area contributed by atoms with Crippen molar-refractivity contribution in [3.05, 3.63) is 53.6 Å². The molecule has 0 spiro atoms. The number of aromatic nitrogens is 2. The van der Waals surface area contributed by atoms with Crippen LogP contribution < -0.4 is 38.1 Å². The van der Waals surface area contributed by atoms with Gasteiger partial charge in [0, 0.05) is 0 Å². The Morgan fingerprint density at radius 1 is 1.00 bits per heavy atom. The van der Waals surface area contributed by atoms with Crippen LogP contribution in [-0.2, 0) is 0 Å². The Bertz CT molecular complexity index is 1230. The molecule has 3 aromatic rings. The van der Waals surface area contributed by atoms with Crippen molar-refractivity contribution in [1.82, 2.24) is 9.97 Å². The maximum Gasteiger partial charge on any atom is 0.327 e. The third-order valence-corrected chi connectivity index (χ3v) is 3.82. The molecule has 1 heterocycles. The summed E-state index contributed by atoms with van der Waals surface area (Å²) >= 11 is 0. The molecule has 0 aliphatic rings. The van der Waals surface area contributed by atoms with Crippen LogP contribution >= 0.6 is 0 Å². The van der Waals surface area contributed by atoms with E-state index >= 15 is 0 Å². The van der Waals surface area contributed by atoms with Crippen molar-refractivity contribution in [1.29, 1.82) is 5.26 Å². The molecule has 10 N–H and O–H groups in total. The van der Waals surface area contributed by atoms with Crippen molar-refractivity contribution >= 4 is 29.1 Å². The van der Waals surface area contributed by atoms with E-state index in [-0.39, 0.29) is 52.0 Å². The minimum absolute atomic E-state index is 0.0103. The van der Waals surface area contributed by atoms with Gasteiger partial charge in [0.1, 0.15) is 17.1 Å². The first-order chi connectivity index (χ1) is 14.8. The standard InChI is InChI=1S/C19H17N9O3/c20-8-9-5-6-10(16(23)29)13(7-9)30-17-14(21)15(22)27-19(28-17)31-12-4-2-1-3-11(12)26-18(24)25/h1-7H,21H2,(H2,23,29)(H2,22,27,28)(H4,24,25,26). The molecular formula is C19H17N9O3. The number of para-hydroxylation sites is 2. The number of benzene rings is 2. The van der Waals surface area contributed by atoms with Gasteiger partial charge in [-0.25, -0.2) is 4.99 Å². The van der Waals surface area contributed by atoms with Gasteiger partial charge in [-0.3, -0.25) is 4.79 Å². The van der Waals surface area contributed by atoms with E-state index in [0.29, 0.717) is 5.69 Å². The molecule has 1 aromatic heterocycles. The number of rotatable bonds is 6. The molecule has 0 bridgehead atoms. The summed E-state index contributed by atoms with van der Waals surface area (Å²) in [5.74, 6) is -1.11. The van der Waals surface area contributed by atoms with Crippen LogP contribution in [-0.4, -0.2) is 21.8 Å². The van der Waals surface area contributed by atoms with Gasteiger partial charge >= 0.3 is 6.01 Å². The summed E-state index contributed by atoms with van der Waals surface area (Å²) in [5.41, 5.74) is 28.4. The predicted octanol–water partition coefficient (Wildman–Crippen LogP) is 1.10. The van der Waals surface area contributed by atoms with Crippen molar-refractivity contribution in [3.63, 3.8) is 0 Å². The lowest BCUT2D eigenvalue weighted by molar-refractivity contribution is 0.0998. The SMILES string of the molecule is N#Cc1ccc(C(N)=O)c(Oc2nc(Oc3ccccc3N=C(N)N)nc(N)c2N)c1. The van der Waals surface area contributed by atoms with E-state index in [1.165, 1.54) is 18.2 Å². The number of ether oxygens (including phenoxy) is 2. The van der Waals surface area contributed by atoms with E-state index in [1.54, 1.807) is 24.3 Å². The van der Waals surface area contributed by atoms with Gasteiger partial charge < -0.3 is 38.1 Å². The Morgan fingerprint density at radius 2 is 1.74 bits per heavy atom. The second-order valence-electron chi connectivity index (χ2n) is 6.01. The second-order valence-corrected chi connectivity index (χ2v) is 6.01. The summed E-state index contributed by atoms with van der Waals surface area (Å²) in [5, 5.41) is 9.11. The van der Waals surface area contributed by atoms with E-state index < -0.39 is 5.91 Å². The minimum atomic E-state index is -0.775. The number of nitrogens with zero attached hydrogens (tertiary/aromatic N) is 4. The van der Waals surface area contributed by atoms with E-state index in [4.69, 9.17) is 43.4 Å². The van der Waals surface area contributed by atoms with Crippen LogP contribution in [0.25, 0.3) is 0 Å². The van der Waals surface area contributed by atoms with Gasteiger partial charge in [-0.05, 0) is 30.3 Å². The fourth-order valence-corrected chi connectivity index (χ4v) is 2.43. The first-order valence-corrected chi connectivity index (χ1v) is 8.59. The molecule has 0 atom stereocenters. The lowest BCUT2D eigenvalue weighted by Gasteiger charge is -2.13. The van der Waals surface area contributed by atoms with Crippen molar-refractivity contribution in [3.8, 4) is 29.5 Å². The third kappa shape index (κ3) is 4.69. The van der Waals surface area contributed by atoms with Gasteiger partial charge in [0.2, 0.25) is 0 Å². The molecule has 3 rings (SSSR count). The van der Waals surface area contributed by atoms with Gasteiger partial charge in [-0.2, -0.15) is 15.2 Å². The number of nitriles is 1. The zero-order valence-corrected chi connectivity index (χ0v) is 15.9. The Labute approximate surface area is 175 Å². The van der Waals surface area contributed by atoms with E-state index in [9.17, 15) is 4.79 Å². The number of nitrogen functional groups attached to an aromatic ring is 2. The van der Waals surface area contributed by atoms with Gasteiger partial charge in [0.15, 0.2) is 17.5 Å². The average Bonchev–Trinajstić information content (AvgIpc) is 2.72. The predicted molar refractivity (Wildman–Crippen MR) is 113 cm³/mol. The van der Waals surface area contributed by atoms with Gasteiger partial charge in [-0.1, -0.05) is 12.1 Å². The smallest absolute Gasteiger partial charge is 0.327 e. The molecule has 0 aliphatic heterocycles. The number of carbonyl (C=O) groups is 1. The zero-order chi connectivity index (χ0) is 22.5. The molecule has 0 fully saturated rings. The molecule has 12 heteroatoms. The van der Waals surface area contributed by atoms with Crippen LogP contribution in [0.2, 0.25) is 0 Å². The Balaban J connectivity index is 2.02. The maximum absolute atomic E-state index is 11.7. The molecule has 0 radical (unpaired) electrons. The summed E-state index contributed by atoms with van der Waals surface area (Å²) < 4.78 is 11.3. The summed E-state index contributed by atoms with van der Waals surface area (Å²) in [6.07, 6.45) is 0. The highest BCUT2D eigenvalue weighted by molar-refractivity contribution is 5.96. The van der Waals surface area contributed by atoms with E-state index in [2.05, 4.69) is 15.0 Å². The molecule has 0 aliphatic carbocycles. The normalized spacial score (nSPS) is 10.0. The molecular weight excluding hydrogens is 402 g/mol. The van der Waals surface area contributed by atoms with Crippen LogP contribution in [0, 0.1) is 11.3 Å². The number of anilines is 2. The Hall–Kier alpha value is -5.05. The number of carbonyl (C=O) groups excluding carboxylic acids is 1. The van der Waals surface area contributed by atoms with Crippen LogP contribution in [0.1, 0.15) is 15.9 Å². The van der Waals surface area contributed by atoms with Crippen LogP contribution in [0.4, 0.5) is 17.2 Å². The summed E-state index contributed by atoms with van der Waals surface area (Å²) in [7, 11) is 0. The Morgan fingerprint density at radius 3 is 2.42 bits per heavy atom. The highest BCUT2D eigenvalue weighted by Gasteiger charge is 2.18. The third-order valence-electron chi connectivity index (χ3n) is 3.82. The van der Waals surface area contributed by atoms with E-state index in [0.717, 1.165) is 0 Å². The topological polar surface area (TPSA) is 228 Å². The van der Waals surface area contributed by atoms with Gasteiger partial charge in [0.05, 0.1) is 17.2 Å². The highest BCUT2D eigenvalue weighted by atomic mass is 16.5. The molecule has 2 aromatic carbocycles. The summed E-state index contributed by atoms with van der Waals surface area (Å²) in [6, 6.07) is 12.4. The average molecular weight is 419 g/mol. The molecule has 0 saturated heterocycles.